The smallest absolute Gasteiger partial charge is 0.253 e. The number of aryl methyl sites for hydroxylation is 1. The summed E-state index contributed by atoms with van der Waals surface area (Å²) in [5.41, 5.74) is 3.11. The van der Waals surface area contributed by atoms with Crippen LogP contribution >= 0.6 is 0 Å². The minimum Gasteiger partial charge on any atom is -0.454 e. The Morgan fingerprint density at radius 2 is 1.68 bits per heavy atom. The Balaban J connectivity index is 1.15. The first-order valence-corrected chi connectivity index (χ1v) is 10.6. The van der Waals surface area contributed by atoms with Gasteiger partial charge in [0, 0.05) is 57.2 Å². The van der Waals surface area contributed by atoms with Gasteiger partial charge in [0.2, 0.25) is 6.79 Å². The minimum absolute atomic E-state index is 0.105. The molecular formula is C24H26N4O3. The number of fused-ring (bicyclic) bond motifs is 1. The number of amides is 1. The van der Waals surface area contributed by atoms with Gasteiger partial charge in [-0.2, -0.15) is 0 Å². The summed E-state index contributed by atoms with van der Waals surface area (Å²) in [5.74, 6) is 2.72. The highest BCUT2D eigenvalue weighted by molar-refractivity contribution is 5.94. The van der Waals surface area contributed by atoms with Crippen molar-refractivity contribution in [2.75, 3.05) is 33.0 Å². The van der Waals surface area contributed by atoms with E-state index in [1.807, 2.05) is 54.4 Å². The van der Waals surface area contributed by atoms with Crippen molar-refractivity contribution in [3.05, 3.63) is 77.4 Å². The topological polar surface area (TPSA) is 59.8 Å². The molecule has 0 bridgehead atoms. The lowest BCUT2D eigenvalue weighted by Crippen LogP contribution is -2.48. The summed E-state index contributed by atoms with van der Waals surface area (Å²) >= 11 is 0. The quantitative estimate of drug-likeness (QED) is 0.638. The molecular weight excluding hydrogens is 392 g/mol. The van der Waals surface area contributed by atoms with Gasteiger partial charge in [0.1, 0.15) is 5.82 Å². The molecule has 160 valence electrons. The summed E-state index contributed by atoms with van der Waals surface area (Å²) in [7, 11) is 0. The average Bonchev–Trinajstić information content (AvgIpc) is 3.43. The first-order chi connectivity index (χ1) is 15.2. The molecule has 1 amide bonds. The van der Waals surface area contributed by atoms with Gasteiger partial charge in [0.05, 0.1) is 0 Å². The molecule has 3 heterocycles. The van der Waals surface area contributed by atoms with Gasteiger partial charge in [-0.15, -0.1) is 0 Å². The Kier molecular flexibility index (Phi) is 5.34. The second kappa shape index (κ2) is 8.43. The SMILES string of the molecule is Cc1nccn1Cc1ccc(C(=O)N2CCN(Cc3ccc4c(c3)OCO4)CC2)cc1. The molecule has 2 aliphatic heterocycles. The van der Waals surface area contributed by atoms with Crippen LogP contribution in [0.15, 0.2) is 54.9 Å². The van der Waals surface area contributed by atoms with Crippen LogP contribution in [-0.2, 0) is 13.1 Å². The zero-order chi connectivity index (χ0) is 21.2. The number of piperazine rings is 1. The van der Waals surface area contributed by atoms with E-state index in [9.17, 15) is 4.79 Å². The monoisotopic (exact) mass is 418 g/mol. The Labute approximate surface area is 181 Å². The molecule has 7 heteroatoms. The lowest BCUT2D eigenvalue weighted by molar-refractivity contribution is 0.0628. The summed E-state index contributed by atoms with van der Waals surface area (Å²) in [6, 6.07) is 14.0. The van der Waals surface area contributed by atoms with E-state index in [2.05, 4.69) is 20.5 Å². The number of hydrogen-bond donors (Lipinski definition) is 0. The predicted octanol–water partition coefficient (Wildman–Crippen LogP) is 2.93. The van der Waals surface area contributed by atoms with E-state index < -0.39 is 0 Å². The van der Waals surface area contributed by atoms with E-state index in [1.165, 1.54) is 5.56 Å². The molecule has 0 spiro atoms. The van der Waals surface area contributed by atoms with Gasteiger partial charge in [0.15, 0.2) is 11.5 Å². The van der Waals surface area contributed by atoms with Crippen molar-refractivity contribution in [1.29, 1.82) is 0 Å². The summed E-state index contributed by atoms with van der Waals surface area (Å²) in [6.07, 6.45) is 3.77. The standard InChI is InChI=1S/C24H26N4O3/c1-18-25-8-9-28(18)16-19-2-5-21(6-3-19)24(29)27-12-10-26(11-13-27)15-20-4-7-22-23(14-20)31-17-30-22/h2-9,14H,10-13,15-17H2,1H3. The van der Waals surface area contributed by atoms with Crippen LogP contribution in [0.1, 0.15) is 27.3 Å². The van der Waals surface area contributed by atoms with Crippen molar-refractivity contribution < 1.29 is 14.3 Å². The fourth-order valence-electron chi connectivity index (χ4n) is 4.11. The highest BCUT2D eigenvalue weighted by atomic mass is 16.7. The predicted molar refractivity (Wildman–Crippen MR) is 116 cm³/mol. The number of carbonyl (C=O) groups excluding carboxylic acids is 1. The number of rotatable bonds is 5. The second-order valence-electron chi connectivity index (χ2n) is 8.06. The Morgan fingerprint density at radius 1 is 0.935 bits per heavy atom. The molecule has 0 atom stereocenters. The number of carbonyl (C=O) groups is 1. The number of benzene rings is 2. The van der Waals surface area contributed by atoms with Crippen LogP contribution in [-0.4, -0.2) is 58.2 Å². The van der Waals surface area contributed by atoms with Crippen LogP contribution in [0.3, 0.4) is 0 Å². The Bertz CT molecular complexity index is 1070. The molecule has 3 aromatic rings. The number of hydrogen-bond acceptors (Lipinski definition) is 5. The van der Waals surface area contributed by atoms with Crippen molar-refractivity contribution in [3.63, 3.8) is 0 Å². The van der Waals surface area contributed by atoms with Crippen molar-refractivity contribution in [2.24, 2.45) is 0 Å². The summed E-state index contributed by atoms with van der Waals surface area (Å²) in [5, 5.41) is 0. The normalized spacial score (nSPS) is 16.0. The fourth-order valence-corrected chi connectivity index (χ4v) is 4.11. The highest BCUT2D eigenvalue weighted by Crippen LogP contribution is 2.32. The third kappa shape index (κ3) is 4.27. The van der Waals surface area contributed by atoms with Gasteiger partial charge < -0.3 is 18.9 Å². The Morgan fingerprint density at radius 3 is 2.42 bits per heavy atom. The van der Waals surface area contributed by atoms with E-state index in [1.54, 1.807) is 6.20 Å². The summed E-state index contributed by atoms with van der Waals surface area (Å²) < 4.78 is 12.9. The molecule has 5 rings (SSSR count). The molecule has 7 nitrogen and oxygen atoms in total. The van der Waals surface area contributed by atoms with E-state index in [4.69, 9.17) is 9.47 Å². The first kappa shape index (κ1) is 19.6. The zero-order valence-corrected chi connectivity index (χ0v) is 17.7. The maximum Gasteiger partial charge on any atom is 0.253 e. The molecule has 1 aromatic heterocycles. The first-order valence-electron chi connectivity index (χ1n) is 10.6. The van der Waals surface area contributed by atoms with Crippen molar-refractivity contribution in [3.8, 4) is 11.5 Å². The van der Waals surface area contributed by atoms with Gasteiger partial charge in [-0.1, -0.05) is 18.2 Å². The lowest BCUT2D eigenvalue weighted by atomic mass is 10.1. The molecule has 2 aliphatic rings. The van der Waals surface area contributed by atoms with E-state index in [0.717, 1.165) is 67.7 Å². The molecule has 0 radical (unpaired) electrons. The second-order valence-corrected chi connectivity index (χ2v) is 8.06. The third-order valence-electron chi connectivity index (χ3n) is 5.98. The van der Waals surface area contributed by atoms with Crippen LogP contribution in [0.4, 0.5) is 0 Å². The molecule has 31 heavy (non-hydrogen) atoms. The maximum absolute atomic E-state index is 12.9. The molecule has 0 saturated carbocycles. The van der Waals surface area contributed by atoms with E-state index in [-0.39, 0.29) is 5.91 Å². The van der Waals surface area contributed by atoms with Gasteiger partial charge in [-0.05, 0) is 42.3 Å². The van der Waals surface area contributed by atoms with Gasteiger partial charge in [-0.3, -0.25) is 9.69 Å². The molecule has 0 aliphatic carbocycles. The zero-order valence-electron chi connectivity index (χ0n) is 17.7. The molecule has 0 unspecified atom stereocenters. The fraction of sp³-hybridized carbons (Fsp3) is 0.333. The van der Waals surface area contributed by atoms with Crippen LogP contribution in [0, 0.1) is 6.92 Å². The number of ether oxygens (including phenoxy) is 2. The lowest BCUT2D eigenvalue weighted by Gasteiger charge is -2.34. The van der Waals surface area contributed by atoms with Crippen LogP contribution in [0.2, 0.25) is 0 Å². The highest BCUT2D eigenvalue weighted by Gasteiger charge is 2.23. The maximum atomic E-state index is 12.9. The third-order valence-corrected chi connectivity index (χ3v) is 5.98. The summed E-state index contributed by atoms with van der Waals surface area (Å²) in [6.45, 7) is 7.09. The molecule has 0 N–H and O–H groups in total. The average molecular weight is 418 g/mol. The van der Waals surface area contributed by atoms with Gasteiger partial charge in [0.25, 0.3) is 5.91 Å². The largest absolute Gasteiger partial charge is 0.454 e. The van der Waals surface area contributed by atoms with Crippen molar-refractivity contribution in [1.82, 2.24) is 19.4 Å². The minimum atomic E-state index is 0.105. The molecule has 1 fully saturated rings. The van der Waals surface area contributed by atoms with Crippen LogP contribution < -0.4 is 9.47 Å². The molecule has 2 aromatic carbocycles. The number of imidazole rings is 1. The van der Waals surface area contributed by atoms with E-state index >= 15 is 0 Å². The molecule has 1 saturated heterocycles. The van der Waals surface area contributed by atoms with Gasteiger partial charge >= 0.3 is 0 Å². The Hall–Kier alpha value is -3.32. The van der Waals surface area contributed by atoms with Gasteiger partial charge in [-0.25, -0.2) is 4.98 Å². The van der Waals surface area contributed by atoms with Crippen molar-refractivity contribution >= 4 is 5.91 Å². The van der Waals surface area contributed by atoms with E-state index in [0.29, 0.717) is 6.79 Å². The number of aromatic nitrogens is 2. The van der Waals surface area contributed by atoms with Crippen LogP contribution in [0.25, 0.3) is 0 Å². The van der Waals surface area contributed by atoms with Crippen molar-refractivity contribution in [2.45, 2.75) is 20.0 Å². The van der Waals surface area contributed by atoms with Crippen LogP contribution in [0.5, 0.6) is 11.5 Å². The summed E-state index contributed by atoms with van der Waals surface area (Å²) in [4.78, 5) is 21.5. The number of nitrogens with zero attached hydrogens (tertiary/aromatic N) is 4.